The lowest BCUT2D eigenvalue weighted by Crippen LogP contribution is -2.00. The van der Waals surface area contributed by atoms with E-state index in [-0.39, 0.29) is 17.2 Å². The van der Waals surface area contributed by atoms with Crippen LogP contribution in [0, 0.1) is 0 Å². The van der Waals surface area contributed by atoms with Crippen LogP contribution in [-0.2, 0) is 28.7 Å². The van der Waals surface area contributed by atoms with Crippen molar-refractivity contribution in [2.75, 3.05) is 0 Å². The fraction of sp³-hybridized carbons (Fsp3) is 0.143. The Morgan fingerprint density at radius 1 is 0.654 bits per heavy atom. The Hall–Kier alpha value is -2.79. The highest BCUT2D eigenvalue weighted by molar-refractivity contribution is 7.83. The predicted octanol–water partition coefficient (Wildman–Crippen LogP) is 3.84. The first-order chi connectivity index (χ1) is 12.5. The third kappa shape index (κ3) is 4.86. The highest BCUT2D eigenvalue weighted by atomic mass is 32.2. The van der Waals surface area contributed by atoms with Crippen molar-refractivity contribution in [3.8, 4) is 17.2 Å². The van der Waals surface area contributed by atoms with E-state index in [1.54, 1.807) is 48.5 Å². The van der Waals surface area contributed by atoms with Crippen LogP contribution in [0.1, 0.15) is 22.3 Å². The van der Waals surface area contributed by atoms with Crippen molar-refractivity contribution in [3.05, 3.63) is 89.0 Å². The maximum atomic E-state index is 12.4. The molecule has 3 N–H and O–H groups in total. The Balaban J connectivity index is 1.69. The normalized spacial score (nSPS) is 12.0. The fourth-order valence-corrected chi connectivity index (χ4v) is 3.94. The van der Waals surface area contributed by atoms with Crippen molar-refractivity contribution < 1.29 is 19.5 Å². The average Bonchev–Trinajstić information content (AvgIpc) is 2.62. The van der Waals surface area contributed by atoms with E-state index in [4.69, 9.17) is 0 Å². The van der Waals surface area contributed by atoms with Crippen LogP contribution in [-0.4, -0.2) is 19.5 Å². The number of hydrogen-bond donors (Lipinski definition) is 3. The first kappa shape index (κ1) is 18.0. The number of phenols is 3. The van der Waals surface area contributed by atoms with Crippen LogP contribution < -0.4 is 0 Å². The van der Waals surface area contributed by atoms with Crippen molar-refractivity contribution in [1.29, 1.82) is 0 Å². The molecular weight excluding hydrogens is 348 g/mol. The van der Waals surface area contributed by atoms with Gasteiger partial charge in [0.1, 0.15) is 17.2 Å². The van der Waals surface area contributed by atoms with Gasteiger partial charge in [-0.3, -0.25) is 4.21 Å². The Labute approximate surface area is 154 Å². The van der Waals surface area contributed by atoms with Crippen LogP contribution in [0.15, 0.2) is 66.7 Å². The molecule has 5 heteroatoms. The summed E-state index contributed by atoms with van der Waals surface area (Å²) in [5.41, 5.74) is 3.54. The Morgan fingerprint density at radius 3 is 1.77 bits per heavy atom. The van der Waals surface area contributed by atoms with Crippen molar-refractivity contribution in [2.24, 2.45) is 0 Å². The highest BCUT2D eigenvalue weighted by Crippen LogP contribution is 2.24. The van der Waals surface area contributed by atoms with Gasteiger partial charge in [0.05, 0.1) is 0 Å². The summed E-state index contributed by atoms with van der Waals surface area (Å²) in [7, 11) is -1.09. The second kappa shape index (κ2) is 8.06. The van der Waals surface area contributed by atoms with E-state index < -0.39 is 10.8 Å². The highest BCUT2D eigenvalue weighted by Gasteiger charge is 2.08. The lowest BCUT2D eigenvalue weighted by atomic mass is 10.0. The van der Waals surface area contributed by atoms with Crippen molar-refractivity contribution in [3.63, 3.8) is 0 Å². The van der Waals surface area contributed by atoms with E-state index in [9.17, 15) is 19.5 Å². The molecule has 3 aromatic rings. The number of aromatic hydroxyl groups is 3. The average molecular weight is 368 g/mol. The molecule has 1 unspecified atom stereocenters. The van der Waals surface area contributed by atoms with Gasteiger partial charge in [-0.15, -0.1) is 0 Å². The van der Waals surface area contributed by atoms with Crippen LogP contribution in [0.2, 0.25) is 0 Å². The number of phenolic OH excluding ortho intramolecular Hbond substituents is 3. The minimum absolute atomic E-state index is 0.192. The predicted molar refractivity (Wildman–Crippen MR) is 103 cm³/mol. The summed E-state index contributed by atoms with van der Waals surface area (Å²) >= 11 is 0. The summed E-state index contributed by atoms with van der Waals surface area (Å²) in [5.74, 6) is 1.40. The van der Waals surface area contributed by atoms with E-state index in [1.165, 1.54) is 0 Å². The second-order valence-corrected chi connectivity index (χ2v) is 7.66. The van der Waals surface area contributed by atoms with E-state index in [2.05, 4.69) is 0 Å². The van der Waals surface area contributed by atoms with Gasteiger partial charge in [-0.2, -0.15) is 0 Å². The summed E-state index contributed by atoms with van der Waals surface area (Å²) in [6.45, 7) is 0. The van der Waals surface area contributed by atoms with Gasteiger partial charge in [0.2, 0.25) is 0 Å². The SMILES string of the molecule is O=S(Cc1ccc(O)cc1)Cc1ccc(O)c(Cc2ccc(O)cc2)c1. The van der Waals surface area contributed by atoms with Crippen molar-refractivity contribution >= 4 is 10.8 Å². The van der Waals surface area contributed by atoms with Gasteiger partial charge in [-0.1, -0.05) is 36.4 Å². The van der Waals surface area contributed by atoms with Crippen molar-refractivity contribution in [2.45, 2.75) is 17.9 Å². The van der Waals surface area contributed by atoms with E-state index in [0.29, 0.717) is 17.9 Å². The molecule has 0 aliphatic heterocycles. The van der Waals surface area contributed by atoms with Crippen LogP contribution in [0.25, 0.3) is 0 Å². The Kier molecular flexibility index (Phi) is 5.58. The van der Waals surface area contributed by atoms with Gasteiger partial charge >= 0.3 is 0 Å². The largest absolute Gasteiger partial charge is 0.508 e. The quantitative estimate of drug-likeness (QED) is 0.618. The molecule has 3 rings (SSSR count). The standard InChI is InChI=1S/C21H20O4S/c22-19-6-1-15(2-7-19)11-18-12-17(5-10-21(18)24)14-26(25)13-16-3-8-20(23)9-4-16/h1-10,12,22-24H,11,13-14H2. The van der Waals surface area contributed by atoms with E-state index in [0.717, 1.165) is 22.3 Å². The van der Waals surface area contributed by atoms with E-state index in [1.807, 2.05) is 18.2 Å². The molecule has 1 atom stereocenters. The molecule has 26 heavy (non-hydrogen) atoms. The molecule has 0 fully saturated rings. The van der Waals surface area contributed by atoms with Crippen LogP contribution in [0.4, 0.5) is 0 Å². The number of hydrogen-bond acceptors (Lipinski definition) is 4. The van der Waals surface area contributed by atoms with Gasteiger partial charge in [0, 0.05) is 28.7 Å². The summed E-state index contributed by atoms with van der Waals surface area (Å²) in [6, 6.07) is 18.8. The Morgan fingerprint density at radius 2 is 1.15 bits per heavy atom. The smallest absolute Gasteiger partial charge is 0.119 e. The van der Waals surface area contributed by atoms with Gasteiger partial charge in [0.25, 0.3) is 0 Å². The minimum atomic E-state index is -1.09. The molecule has 3 aromatic carbocycles. The molecule has 0 aromatic heterocycles. The molecule has 0 saturated carbocycles. The maximum Gasteiger partial charge on any atom is 0.119 e. The molecule has 134 valence electrons. The number of benzene rings is 3. The lowest BCUT2D eigenvalue weighted by molar-refractivity contribution is 0.469. The zero-order chi connectivity index (χ0) is 18.5. The summed E-state index contributed by atoms with van der Waals surface area (Å²) < 4.78 is 12.4. The molecule has 0 heterocycles. The van der Waals surface area contributed by atoms with Gasteiger partial charge in [-0.25, -0.2) is 0 Å². The zero-order valence-electron chi connectivity index (χ0n) is 14.1. The topological polar surface area (TPSA) is 77.8 Å². The van der Waals surface area contributed by atoms with Crippen LogP contribution in [0.3, 0.4) is 0 Å². The van der Waals surface area contributed by atoms with Gasteiger partial charge in [0.15, 0.2) is 0 Å². The second-order valence-electron chi connectivity index (χ2n) is 6.20. The van der Waals surface area contributed by atoms with E-state index >= 15 is 0 Å². The van der Waals surface area contributed by atoms with Crippen LogP contribution in [0.5, 0.6) is 17.2 Å². The fourth-order valence-electron chi connectivity index (χ4n) is 2.72. The molecule has 4 nitrogen and oxygen atoms in total. The lowest BCUT2D eigenvalue weighted by Gasteiger charge is -2.09. The molecule has 0 amide bonds. The third-order valence-corrected chi connectivity index (χ3v) is 5.38. The summed E-state index contributed by atoms with van der Waals surface area (Å²) in [6.07, 6.45) is 0.532. The first-order valence-electron chi connectivity index (χ1n) is 8.21. The summed E-state index contributed by atoms with van der Waals surface area (Å²) in [5, 5.41) is 28.8. The molecule has 0 aliphatic rings. The molecule has 0 saturated heterocycles. The molecule has 0 aliphatic carbocycles. The van der Waals surface area contributed by atoms with Crippen LogP contribution >= 0.6 is 0 Å². The number of rotatable bonds is 6. The first-order valence-corrected chi connectivity index (χ1v) is 9.70. The third-order valence-electron chi connectivity index (χ3n) is 4.07. The van der Waals surface area contributed by atoms with Crippen molar-refractivity contribution in [1.82, 2.24) is 0 Å². The zero-order valence-corrected chi connectivity index (χ0v) is 14.9. The maximum absolute atomic E-state index is 12.4. The molecular formula is C21H20O4S. The molecule has 0 radical (unpaired) electrons. The van der Waals surface area contributed by atoms with Gasteiger partial charge in [-0.05, 0) is 52.6 Å². The molecule has 0 spiro atoms. The van der Waals surface area contributed by atoms with Gasteiger partial charge < -0.3 is 15.3 Å². The monoisotopic (exact) mass is 368 g/mol. The summed E-state index contributed by atoms with van der Waals surface area (Å²) in [4.78, 5) is 0. The minimum Gasteiger partial charge on any atom is -0.508 e. The molecule has 0 bridgehead atoms. The Bertz CT molecular complexity index is 902.